The normalized spacial score (nSPS) is 10.9. The highest BCUT2D eigenvalue weighted by atomic mass is 79.9. The third-order valence-electron chi connectivity index (χ3n) is 4.71. The molecule has 3 aromatic carbocycles. The van der Waals surface area contributed by atoms with Crippen molar-refractivity contribution < 1.29 is 24.2 Å². The first-order valence-corrected chi connectivity index (χ1v) is 11.5. The highest BCUT2D eigenvalue weighted by molar-refractivity contribution is 9.10. The molecule has 0 radical (unpaired) electrons. The molecule has 2 N–H and O–H groups in total. The predicted octanol–water partition coefficient (Wildman–Crippen LogP) is 6.59. The third kappa shape index (κ3) is 6.55. The standard InChI is InChI=1S/C25H17BrCl2N2O5/c1-34-21-11-15(9-17(12-29)24(31)30-20-4-2-3-19(27)22(20)28)10-18(26)23(21)35-13-14-5-7-16(8-6-14)25(32)33/h2-11H,13H2,1H3,(H,30,31)(H,32,33)/b17-9-. The number of carboxylic acids is 1. The molecule has 7 nitrogen and oxygen atoms in total. The molecule has 0 aliphatic heterocycles. The zero-order valence-electron chi connectivity index (χ0n) is 18.1. The van der Waals surface area contributed by atoms with E-state index >= 15 is 0 Å². The first kappa shape index (κ1) is 26.1. The number of carbonyl (C=O) groups is 2. The summed E-state index contributed by atoms with van der Waals surface area (Å²) in [6.45, 7) is 0.163. The Labute approximate surface area is 219 Å². The van der Waals surface area contributed by atoms with E-state index in [4.69, 9.17) is 37.8 Å². The first-order chi connectivity index (χ1) is 16.7. The molecule has 0 saturated carbocycles. The van der Waals surface area contributed by atoms with Crippen LogP contribution in [-0.2, 0) is 11.4 Å². The number of rotatable bonds is 8. The number of aromatic carboxylic acids is 1. The predicted molar refractivity (Wildman–Crippen MR) is 137 cm³/mol. The molecule has 0 bridgehead atoms. The molecule has 3 rings (SSSR count). The van der Waals surface area contributed by atoms with Gasteiger partial charge in [0.1, 0.15) is 18.2 Å². The lowest BCUT2D eigenvalue weighted by Crippen LogP contribution is -2.13. The number of nitriles is 1. The van der Waals surface area contributed by atoms with Gasteiger partial charge in [-0.2, -0.15) is 5.26 Å². The number of amides is 1. The van der Waals surface area contributed by atoms with Crippen molar-refractivity contribution in [2.24, 2.45) is 0 Å². The summed E-state index contributed by atoms with van der Waals surface area (Å²) in [5.74, 6) is -0.896. The van der Waals surface area contributed by atoms with Gasteiger partial charge in [0.2, 0.25) is 0 Å². The van der Waals surface area contributed by atoms with Gasteiger partial charge in [-0.25, -0.2) is 4.79 Å². The van der Waals surface area contributed by atoms with Crippen molar-refractivity contribution in [2.75, 3.05) is 12.4 Å². The Morgan fingerprint density at radius 1 is 1.17 bits per heavy atom. The topological polar surface area (TPSA) is 109 Å². The number of halogens is 3. The quantitative estimate of drug-likeness (QED) is 0.232. The van der Waals surface area contributed by atoms with Crippen molar-refractivity contribution in [3.63, 3.8) is 0 Å². The SMILES string of the molecule is COc1cc(/C=C(/C#N)C(=O)Nc2cccc(Cl)c2Cl)cc(Br)c1OCc1ccc(C(=O)O)cc1. The van der Waals surface area contributed by atoms with Crippen LogP contribution in [0.4, 0.5) is 5.69 Å². The van der Waals surface area contributed by atoms with Crippen molar-refractivity contribution in [2.45, 2.75) is 6.61 Å². The Kier molecular flexibility index (Phi) is 8.77. The highest BCUT2D eigenvalue weighted by Crippen LogP contribution is 2.38. The van der Waals surface area contributed by atoms with Crippen molar-refractivity contribution in [3.05, 3.63) is 91.4 Å². The lowest BCUT2D eigenvalue weighted by molar-refractivity contribution is -0.112. The van der Waals surface area contributed by atoms with E-state index in [0.717, 1.165) is 5.56 Å². The van der Waals surface area contributed by atoms with Crippen molar-refractivity contribution in [1.82, 2.24) is 0 Å². The second kappa shape index (κ2) is 11.8. The number of carbonyl (C=O) groups excluding carboxylic acids is 1. The number of hydrogen-bond acceptors (Lipinski definition) is 5. The molecule has 0 aliphatic carbocycles. The lowest BCUT2D eigenvalue weighted by atomic mass is 10.1. The van der Waals surface area contributed by atoms with Crippen LogP contribution in [0.3, 0.4) is 0 Å². The monoisotopic (exact) mass is 574 g/mol. The van der Waals surface area contributed by atoms with Gasteiger partial charge in [-0.3, -0.25) is 4.79 Å². The van der Waals surface area contributed by atoms with Crippen molar-refractivity contribution in [1.29, 1.82) is 5.26 Å². The number of nitrogens with one attached hydrogen (secondary N) is 1. The molecule has 0 aromatic heterocycles. The zero-order valence-corrected chi connectivity index (χ0v) is 21.2. The van der Waals surface area contributed by atoms with E-state index in [1.165, 1.54) is 25.3 Å². The first-order valence-electron chi connectivity index (χ1n) is 9.93. The average molecular weight is 576 g/mol. The van der Waals surface area contributed by atoms with Crippen LogP contribution in [-0.4, -0.2) is 24.1 Å². The van der Waals surface area contributed by atoms with Crippen LogP contribution in [0.5, 0.6) is 11.5 Å². The van der Waals surface area contributed by atoms with Crippen LogP contribution in [0.1, 0.15) is 21.5 Å². The molecule has 0 aliphatic rings. The molecule has 3 aromatic rings. The summed E-state index contributed by atoms with van der Waals surface area (Å²) in [5, 5.41) is 21.6. The fraction of sp³-hybridized carbons (Fsp3) is 0.0800. The lowest BCUT2D eigenvalue weighted by Gasteiger charge is -2.14. The van der Waals surface area contributed by atoms with Gasteiger partial charge < -0.3 is 19.9 Å². The molecule has 0 atom stereocenters. The molecule has 10 heteroatoms. The van der Waals surface area contributed by atoms with Gasteiger partial charge in [0.25, 0.3) is 5.91 Å². The van der Waals surface area contributed by atoms with Crippen LogP contribution in [0.2, 0.25) is 10.0 Å². The molecule has 0 unspecified atom stereocenters. The summed E-state index contributed by atoms with van der Waals surface area (Å²) in [7, 11) is 1.46. The zero-order chi connectivity index (χ0) is 25.5. The Bertz CT molecular complexity index is 1350. The second-order valence-electron chi connectivity index (χ2n) is 7.05. The minimum atomic E-state index is -1.01. The second-order valence-corrected chi connectivity index (χ2v) is 8.69. The fourth-order valence-corrected chi connectivity index (χ4v) is 3.89. The minimum Gasteiger partial charge on any atom is -0.493 e. The van der Waals surface area contributed by atoms with Gasteiger partial charge in [0.05, 0.1) is 32.9 Å². The van der Waals surface area contributed by atoms with Gasteiger partial charge in [0, 0.05) is 0 Å². The Balaban J connectivity index is 1.81. The van der Waals surface area contributed by atoms with E-state index in [0.29, 0.717) is 21.5 Å². The number of anilines is 1. The molecule has 0 saturated heterocycles. The van der Waals surface area contributed by atoms with Gasteiger partial charge in [-0.15, -0.1) is 0 Å². The number of nitrogens with zero attached hydrogens (tertiary/aromatic N) is 1. The van der Waals surface area contributed by atoms with Crippen molar-refractivity contribution in [3.8, 4) is 17.6 Å². The summed E-state index contributed by atoms with van der Waals surface area (Å²) in [4.78, 5) is 23.6. The summed E-state index contributed by atoms with van der Waals surface area (Å²) in [6.07, 6.45) is 1.40. The van der Waals surface area contributed by atoms with Gasteiger partial charge >= 0.3 is 5.97 Å². The molecular weight excluding hydrogens is 559 g/mol. The van der Waals surface area contributed by atoms with Crippen LogP contribution in [0.25, 0.3) is 6.08 Å². The smallest absolute Gasteiger partial charge is 0.335 e. The molecule has 178 valence electrons. The summed E-state index contributed by atoms with van der Waals surface area (Å²) >= 11 is 15.5. The molecule has 0 fully saturated rings. The molecule has 0 heterocycles. The van der Waals surface area contributed by atoms with Gasteiger partial charge in [-0.1, -0.05) is 41.4 Å². The molecule has 1 amide bonds. The molecule has 35 heavy (non-hydrogen) atoms. The summed E-state index contributed by atoms with van der Waals surface area (Å²) < 4.78 is 11.8. The van der Waals surface area contributed by atoms with Crippen LogP contribution >= 0.6 is 39.1 Å². The molecule has 0 spiro atoms. The minimum absolute atomic E-state index is 0.163. The number of hydrogen-bond donors (Lipinski definition) is 2. The van der Waals surface area contributed by atoms with Crippen LogP contribution < -0.4 is 14.8 Å². The Morgan fingerprint density at radius 2 is 1.89 bits per heavy atom. The number of carboxylic acid groups (broad SMARTS) is 1. The average Bonchev–Trinajstić information content (AvgIpc) is 2.84. The number of benzene rings is 3. The largest absolute Gasteiger partial charge is 0.493 e. The maximum Gasteiger partial charge on any atom is 0.335 e. The van der Waals surface area contributed by atoms with E-state index in [1.54, 1.807) is 42.5 Å². The third-order valence-corrected chi connectivity index (χ3v) is 6.12. The van der Waals surface area contributed by atoms with Gasteiger partial charge in [-0.05, 0) is 69.5 Å². The van der Waals surface area contributed by atoms with Gasteiger partial charge in [0.15, 0.2) is 11.5 Å². The summed E-state index contributed by atoms with van der Waals surface area (Å²) in [5.41, 5.74) is 1.57. The van der Waals surface area contributed by atoms with E-state index < -0.39 is 11.9 Å². The van der Waals surface area contributed by atoms with E-state index in [9.17, 15) is 14.9 Å². The Hall–Kier alpha value is -3.51. The number of ether oxygens (including phenoxy) is 2. The maximum absolute atomic E-state index is 12.6. The van der Waals surface area contributed by atoms with Crippen LogP contribution in [0.15, 0.2) is 64.6 Å². The maximum atomic E-state index is 12.6. The van der Waals surface area contributed by atoms with E-state index in [-0.39, 0.29) is 33.5 Å². The fourth-order valence-electron chi connectivity index (χ4n) is 2.97. The van der Waals surface area contributed by atoms with Crippen LogP contribution in [0, 0.1) is 11.3 Å². The Morgan fingerprint density at radius 3 is 2.51 bits per heavy atom. The highest BCUT2D eigenvalue weighted by Gasteiger charge is 2.16. The van der Waals surface area contributed by atoms with E-state index in [2.05, 4.69) is 21.2 Å². The number of methoxy groups -OCH3 is 1. The summed E-state index contributed by atoms with van der Waals surface area (Å²) in [6, 6.07) is 16.2. The van der Waals surface area contributed by atoms with Crippen molar-refractivity contribution >= 4 is 62.8 Å². The molecular formula is C25H17BrCl2N2O5. The van der Waals surface area contributed by atoms with E-state index in [1.807, 2.05) is 6.07 Å².